The number of benzene rings is 2. The van der Waals surface area contributed by atoms with Crippen LogP contribution in [-0.2, 0) is 12.0 Å². The molecule has 1 amide bonds. The number of nitrogens with zero attached hydrogens (tertiary/aromatic N) is 5. The summed E-state index contributed by atoms with van der Waals surface area (Å²) < 4.78 is 14.9. The Morgan fingerprint density at radius 2 is 1.75 bits per heavy atom. The summed E-state index contributed by atoms with van der Waals surface area (Å²) in [6, 6.07) is 15.5. The Balaban J connectivity index is 1.24. The number of piperazine rings is 1. The molecule has 0 radical (unpaired) electrons. The fourth-order valence-corrected chi connectivity index (χ4v) is 5.23. The largest absolute Gasteiger partial charge is 0.336 e. The molecule has 2 aromatic heterocycles. The average Bonchev–Trinajstić information content (AvgIpc) is 3.29. The number of aromatic nitrogens is 3. The highest BCUT2D eigenvalue weighted by Crippen LogP contribution is 2.25. The molecule has 0 unspecified atom stereocenters. The van der Waals surface area contributed by atoms with Gasteiger partial charge in [0, 0.05) is 49.9 Å². The van der Waals surface area contributed by atoms with Crippen molar-refractivity contribution in [1.82, 2.24) is 24.4 Å². The van der Waals surface area contributed by atoms with Gasteiger partial charge in [-0.15, -0.1) is 0 Å². The zero-order chi connectivity index (χ0) is 25.4. The predicted molar refractivity (Wildman–Crippen MR) is 139 cm³/mol. The number of hydrogen-bond acceptors (Lipinski definition) is 6. The molecule has 0 saturated carbocycles. The molecule has 0 bridgehead atoms. The SMILES string of the molecule is CC(C)(C)c1ccc(C(=O)N2CCN(Cc3cc(=O)n4nc(-c5cccc(F)c5)sc4n3)CC2)cc1. The van der Waals surface area contributed by atoms with Crippen LogP contribution in [0, 0.1) is 5.82 Å². The van der Waals surface area contributed by atoms with Crippen LogP contribution in [0.1, 0.15) is 42.4 Å². The van der Waals surface area contributed by atoms with Crippen molar-refractivity contribution in [3.8, 4) is 10.6 Å². The standard InChI is InChI=1S/C27H28FN5O2S/c1-27(2,3)20-9-7-18(8-10-20)25(35)32-13-11-31(12-14-32)17-22-16-23(34)33-26(29-22)36-24(30-33)19-5-4-6-21(28)15-19/h4-10,15-16H,11-14,17H2,1-3H3. The maximum atomic E-state index is 13.6. The van der Waals surface area contributed by atoms with Crippen LogP contribution in [0.25, 0.3) is 15.5 Å². The van der Waals surface area contributed by atoms with Crippen LogP contribution in [0.5, 0.6) is 0 Å². The molecule has 186 valence electrons. The Hall–Kier alpha value is -3.43. The third-order valence-electron chi connectivity index (χ3n) is 6.41. The van der Waals surface area contributed by atoms with Gasteiger partial charge in [-0.05, 0) is 35.2 Å². The van der Waals surface area contributed by atoms with Crippen molar-refractivity contribution in [2.75, 3.05) is 26.2 Å². The van der Waals surface area contributed by atoms with E-state index in [-0.39, 0.29) is 22.7 Å². The van der Waals surface area contributed by atoms with E-state index in [2.05, 4.69) is 35.8 Å². The Kier molecular flexibility index (Phi) is 6.44. The molecule has 1 aliphatic rings. The van der Waals surface area contributed by atoms with Crippen LogP contribution in [0.2, 0.25) is 0 Å². The highest BCUT2D eigenvalue weighted by atomic mass is 32.1. The van der Waals surface area contributed by atoms with Gasteiger partial charge in [-0.25, -0.2) is 9.37 Å². The molecule has 1 aliphatic heterocycles. The van der Waals surface area contributed by atoms with Crippen LogP contribution in [0.4, 0.5) is 4.39 Å². The van der Waals surface area contributed by atoms with E-state index in [9.17, 15) is 14.0 Å². The zero-order valence-corrected chi connectivity index (χ0v) is 21.4. The Bertz CT molecular complexity index is 1460. The molecular weight excluding hydrogens is 477 g/mol. The van der Waals surface area contributed by atoms with Gasteiger partial charge in [0.25, 0.3) is 11.5 Å². The Morgan fingerprint density at radius 3 is 2.42 bits per heavy atom. The van der Waals surface area contributed by atoms with Gasteiger partial charge in [0.15, 0.2) is 0 Å². The summed E-state index contributed by atoms with van der Waals surface area (Å²) in [7, 11) is 0. The molecule has 0 spiro atoms. The lowest BCUT2D eigenvalue weighted by Gasteiger charge is -2.34. The van der Waals surface area contributed by atoms with E-state index in [0.29, 0.717) is 59.5 Å². The van der Waals surface area contributed by atoms with E-state index in [4.69, 9.17) is 0 Å². The molecule has 0 N–H and O–H groups in total. The van der Waals surface area contributed by atoms with Crippen molar-refractivity contribution in [3.05, 3.63) is 87.6 Å². The average molecular weight is 506 g/mol. The lowest BCUT2D eigenvalue weighted by molar-refractivity contribution is 0.0627. The van der Waals surface area contributed by atoms with Crippen LogP contribution < -0.4 is 5.56 Å². The predicted octanol–water partition coefficient (Wildman–Crippen LogP) is 4.21. The van der Waals surface area contributed by atoms with Gasteiger partial charge in [0.05, 0.1) is 5.69 Å². The molecule has 36 heavy (non-hydrogen) atoms. The van der Waals surface area contributed by atoms with Gasteiger partial charge < -0.3 is 4.90 Å². The first-order valence-electron chi connectivity index (χ1n) is 12.0. The van der Waals surface area contributed by atoms with E-state index in [1.165, 1.54) is 39.6 Å². The Morgan fingerprint density at radius 1 is 1.03 bits per heavy atom. The topological polar surface area (TPSA) is 70.8 Å². The fourth-order valence-electron chi connectivity index (χ4n) is 4.31. The molecule has 5 rings (SSSR count). The highest BCUT2D eigenvalue weighted by Gasteiger charge is 2.23. The minimum atomic E-state index is -0.354. The second kappa shape index (κ2) is 9.55. The lowest BCUT2D eigenvalue weighted by atomic mass is 9.86. The van der Waals surface area contributed by atoms with Gasteiger partial charge in [-0.3, -0.25) is 14.5 Å². The molecule has 1 fully saturated rings. The smallest absolute Gasteiger partial charge is 0.275 e. The van der Waals surface area contributed by atoms with Gasteiger partial charge >= 0.3 is 0 Å². The molecule has 1 saturated heterocycles. The number of carbonyl (C=O) groups excluding carboxylic acids is 1. The minimum Gasteiger partial charge on any atom is -0.336 e. The normalized spacial score (nSPS) is 14.9. The molecule has 2 aromatic carbocycles. The summed E-state index contributed by atoms with van der Waals surface area (Å²) in [5, 5.41) is 4.86. The molecule has 3 heterocycles. The number of rotatable bonds is 4. The summed E-state index contributed by atoms with van der Waals surface area (Å²) in [6.07, 6.45) is 0. The number of fused-ring (bicyclic) bond motifs is 1. The molecule has 7 nitrogen and oxygen atoms in total. The molecule has 0 atom stereocenters. The molecule has 9 heteroatoms. The number of carbonyl (C=O) groups is 1. The van der Waals surface area contributed by atoms with Gasteiger partial charge in [-0.1, -0.05) is 56.4 Å². The van der Waals surface area contributed by atoms with E-state index in [0.717, 1.165) is 0 Å². The van der Waals surface area contributed by atoms with Crippen LogP contribution >= 0.6 is 11.3 Å². The minimum absolute atomic E-state index is 0.0439. The number of amides is 1. The van der Waals surface area contributed by atoms with Crippen molar-refractivity contribution < 1.29 is 9.18 Å². The van der Waals surface area contributed by atoms with Gasteiger partial charge in [0.1, 0.15) is 10.8 Å². The van der Waals surface area contributed by atoms with Crippen molar-refractivity contribution >= 4 is 22.2 Å². The maximum absolute atomic E-state index is 13.6. The molecule has 0 aliphatic carbocycles. The van der Waals surface area contributed by atoms with Crippen LogP contribution in [0.15, 0.2) is 59.4 Å². The van der Waals surface area contributed by atoms with Crippen molar-refractivity contribution in [3.63, 3.8) is 0 Å². The molecular formula is C27H28FN5O2S. The fraction of sp³-hybridized carbons (Fsp3) is 0.333. The summed E-state index contributed by atoms with van der Waals surface area (Å²) in [4.78, 5) is 34.8. The van der Waals surface area contributed by atoms with E-state index in [1.54, 1.807) is 12.1 Å². The van der Waals surface area contributed by atoms with Crippen LogP contribution in [-0.4, -0.2) is 56.5 Å². The van der Waals surface area contributed by atoms with E-state index >= 15 is 0 Å². The lowest BCUT2D eigenvalue weighted by Crippen LogP contribution is -2.48. The van der Waals surface area contributed by atoms with Crippen molar-refractivity contribution in [2.45, 2.75) is 32.7 Å². The third-order valence-corrected chi connectivity index (χ3v) is 7.37. The first-order chi connectivity index (χ1) is 17.2. The summed E-state index contributed by atoms with van der Waals surface area (Å²) in [6.45, 7) is 9.61. The van der Waals surface area contributed by atoms with Gasteiger partial charge in [0.2, 0.25) is 4.96 Å². The van der Waals surface area contributed by atoms with Crippen LogP contribution in [0.3, 0.4) is 0 Å². The first kappa shape index (κ1) is 24.3. The summed E-state index contributed by atoms with van der Waals surface area (Å²) in [5.41, 5.74) is 2.96. The monoisotopic (exact) mass is 505 g/mol. The van der Waals surface area contributed by atoms with Gasteiger partial charge in [-0.2, -0.15) is 9.61 Å². The quantitative estimate of drug-likeness (QED) is 0.416. The molecule has 4 aromatic rings. The Labute approximate surface area is 212 Å². The third kappa shape index (κ3) is 5.08. The first-order valence-corrected chi connectivity index (χ1v) is 12.8. The summed E-state index contributed by atoms with van der Waals surface area (Å²) in [5.74, 6) is -0.310. The van der Waals surface area contributed by atoms with E-state index < -0.39 is 0 Å². The number of halogens is 1. The summed E-state index contributed by atoms with van der Waals surface area (Å²) >= 11 is 1.26. The second-order valence-electron chi connectivity index (χ2n) is 10.1. The van der Waals surface area contributed by atoms with E-state index in [1.807, 2.05) is 29.2 Å². The second-order valence-corrected chi connectivity index (χ2v) is 11.0. The van der Waals surface area contributed by atoms with Crippen molar-refractivity contribution in [2.24, 2.45) is 0 Å². The zero-order valence-electron chi connectivity index (χ0n) is 20.6. The maximum Gasteiger partial charge on any atom is 0.275 e. The highest BCUT2D eigenvalue weighted by molar-refractivity contribution is 7.19. The number of hydrogen-bond donors (Lipinski definition) is 0. The van der Waals surface area contributed by atoms with Crippen molar-refractivity contribution in [1.29, 1.82) is 0 Å².